The van der Waals surface area contributed by atoms with E-state index in [2.05, 4.69) is 6.92 Å². The normalized spacial score (nSPS) is 16.9. The highest BCUT2D eigenvalue weighted by molar-refractivity contribution is 6.04. The lowest BCUT2D eigenvalue weighted by Gasteiger charge is -2.32. The summed E-state index contributed by atoms with van der Waals surface area (Å²) in [6, 6.07) is 13.9. The lowest BCUT2D eigenvalue weighted by molar-refractivity contribution is 0.304. The fourth-order valence-electron chi connectivity index (χ4n) is 7.57. The van der Waals surface area contributed by atoms with E-state index in [1.165, 1.54) is 37.8 Å². The lowest BCUT2D eigenvalue weighted by atomic mass is 9.73. The molecule has 6 heteroatoms. The first kappa shape index (κ1) is 32.2. The molecule has 2 nitrogen and oxygen atoms in total. The van der Waals surface area contributed by atoms with Crippen LogP contribution in [0.15, 0.2) is 48.5 Å². The smallest absolute Gasteiger partial charge is 0.135 e. The van der Waals surface area contributed by atoms with Gasteiger partial charge in [0.1, 0.15) is 34.8 Å². The van der Waals surface area contributed by atoms with E-state index in [-0.39, 0.29) is 23.4 Å². The van der Waals surface area contributed by atoms with Crippen LogP contribution in [0.2, 0.25) is 0 Å². The van der Waals surface area contributed by atoms with Crippen molar-refractivity contribution in [2.24, 2.45) is 5.92 Å². The summed E-state index contributed by atoms with van der Waals surface area (Å²) in [5.41, 5.74) is 6.22. The highest BCUT2D eigenvalue weighted by atomic mass is 19.1. The van der Waals surface area contributed by atoms with Crippen molar-refractivity contribution in [1.82, 2.24) is 0 Å². The molecule has 0 saturated heterocycles. The van der Waals surface area contributed by atoms with Crippen molar-refractivity contribution in [3.63, 3.8) is 0 Å². The van der Waals surface area contributed by atoms with Gasteiger partial charge in [-0.05, 0) is 103 Å². The van der Waals surface area contributed by atoms with Gasteiger partial charge in [0.05, 0.1) is 13.2 Å². The van der Waals surface area contributed by atoms with Gasteiger partial charge < -0.3 is 9.47 Å². The van der Waals surface area contributed by atoms with Crippen LogP contribution in [0.25, 0.3) is 44.5 Å². The molecule has 0 N–H and O–H groups in total. The van der Waals surface area contributed by atoms with E-state index in [1.807, 2.05) is 45.0 Å². The molecule has 7 rings (SSSR count). The Kier molecular flexibility index (Phi) is 9.44. The second kappa shape index (κ2) is 13.5. The zero-order valence-electron chi connectivity index (χ0n) is 27.2. The van der Waals surface area contributed by atoms with Gasteiger partial charge in [-0.1, -0.05) is 57.4 Å². The van der Waals surface area contributed by atoms with Gasteiger partial charge in [0.2, 0.25) is 0 Å². The van der Waals surface area contributed by atoms with Crippen LogP contribution in [-0.2, 0) is 6.42 Å². The molecule has 0 bridgehead atoms. The van der Waals surface area contributed by atoms with Crippen LogP contribution in [-0.4, -0.2) is 13.2 Å². The molecule has 1 fully saturated rings. The lowest BCUT2D eigenvalue weighted by Crippen LogP contribution is -2.16. The molecule has 0 amide bonds. The maximum Gasteiger partial charge on any atom is 0.135 e. The molecular weight excluding hydrogens is 588 g/mol. The Morgan fingerprint density at radius 3 is 1.65 bits per heavy atom. The second-order valence-corrected chi connectivity index (χ2v) is 12.6. The van der Waals surface area contributed by atoms with Gasteiger partial charge in [0.15, 0.2) is 0 Å². The largest absolute Gasteiger partial charge is 0.494 e. The standard InChI is InChI=1S/C23H26F2O.C17H16F2O/c1-3-5-14-6-8-15(9-7-14)17-10-11-18-19-12-16(26-4-2)13-20(24)21(19)22(18)23(17)25;1-3-5-10-6-7-12-13-8-11(20-4-2)9-14(18)15(13)16(12)17(10)19/h10-15H,3-9H2,1-2H3;6-9H,3-5H2,1-2H3. The van der Waals surface area contributed by atoms with Crippen molar-refractivity contribution in [1.29, 1.82) is 0 Å². The number of benzene rings is 4. The third-order valence-electron chi connectivity index (χ3n) is 9.73. The Bertz CT molecular complexity index is 1750. The molecule has 3 aliphatic carbocycles. The number of fused-ring (bicyclic) bond motifs is 8. The van der Waals surface area contributed by atoms with Crippen LogP contribution in [0.5, 0.6) is 11.5 Å². The van der Waals surface area contributed by atoms with Gasteiger partial charge >= 0.3 is 0 Å². The summed E-state index contributed by atoms with van der Waals surface area (Å²) in [5, 5.41) is 0. The summed E-state index contributed by atoms with van der Waals surface area (Å²) in [6.45, 7) is 8.91. The Balaban J connectivity index is 0.000000167. The molecule has 0 radical (unpaired) electrons. The monoisotopic (exact) mass is 630 g/mol. The zero-order valence-corrected chi connectivity index (χ0v) is 27.2. The fourth-order valence-corrected chi connectivity index (χ4v) is 7.57. The SMILES string of the molecule is CCCC1CCC(c2ccc3c(c2F)-c2c(F)cc(OCC)cc2-3)CC1.CCCc1ccc2c(c1F)-c1c(F)cc(OCC)cc1-2. The maximum atomic E-state index is 15.3. The second-order valence-electron chi connectivity index (χ2n) is 12.6. The topological polar surface area (TPSA) is 18.5 Å². The maximum absolute atomic E-state index is 15.3. The first-order valence-corrected chi connectivity index (χ1v) is 16.9. The van der Waals surface area contributed by atoms with E-state index in [0.717, 1.165) is 53.0 Å². The van der Waals surface area contributed by atoms with Crippen molar-refractivity contribution in [3.8, 4) is 56.0 Å². The van der Waals surface area contributed by atoms with Crippen molar-refractivity contribution < 1.29 is 27.0 Å². The Morgan fingerprint density at radius 2 is 1.13 bits per heavy atom. The van der Waals surface area contributed by atoms with E-state index in [9.17, 15) is 13.2 Å². The van der Waals surface area contributed by atoms with Crippen molar-refractivity contribution in [2.75, 3.05) is 13.2 Å². The third kappa shape index (κ3) is 5.69. The molecule has 0 heterocycles. The first-order chi connectivity index (χ1) is 22.3. The van der Waals surface area contributed by atoms with Crippen LogP contribution in [0, 0.1) is 29.2 Å². The molecule has 0 aliphatic heterocycles. The average molecular weight is 631 g/mol. The summed E-state index contributed by atoms with van der Waals surface area (Å²) in [4.78, 5) is 0. The van der Waals surface area contributed by atoms with Crippen molar-refractivity contribution in [2.45, 2.75) is 85.0 Å². The number of aryl methyl sites for hydroxylation is 1. The number of halogens is 4. The molecule has 3 aliphatic rings. The summed E-state index contributed by atoms with van der Waals surface area (Å²) in [7, 11) is 0. The van der Waals surface area contributed by atoms with Crippen LogP contribution < -0.4 is 9.47 Å². The summed E-state index contributed by atoms with van der Waals surface area (Å²) < 4.78 is 69.1. The minimum atomic E-state index is -0.411. The Hall–Kier alpha value is -3.80. The minimum absolute atomic E-state index is 0.211. The Labute approximate surface area is 269 Å². The Morgan fingerprint density at radius 1 is 0.587 bits per heavy atom. The third-order valence-corrected chi connectivity index (χ3v) is 9.73. The molecule has 1 saturated carbocycles. The van der Waals surface area contributed by atoms with E-state index in [0.29, 0.717) is 59.0 Å². The summed E-state index contributed by atoms with van der Waals surface area (Å²) >= 11 is 0. The average Bonchev–Trinajstić information content (AvgIpc) is 3.01. The van der Waals surface area contributed by atoms with Crippen molar-refractivity contribution in [3.05, 3.63) is 82.9 Å². The number of rotatable bonds is 9. The zero-order chi connectivity index (χ0) is 32.5. The number of hydrogen-bond donors (Lipinski definition) is 0. The molecule has 242 valence electrons. The van der Waals surface area contributed by atoms with E-state index in [4.69, 9.17) is 9.47 Å². The highest BCUT2D eigenvalue weighted by Crippen LogP contribution is 2.54. The molecule has 0 atom stereocenters. The minimum Gasteiger partial charge on any atom is -0.494 e. The molecule has 46 heavy (non-hydrogen) atoms. The highest BCUT2D eigenvalue weighted by Gasteiger charge is 2.34. The molecule has 4 aromatic carbocycles. The van der Waals surface area contributed by atoms with Crippen LogP contribution in [0.3, 0.4) is 0 Å². The first-order valence-electron chi connectivity index (χ1n) is 16.9. The predicted molar refractivity (Wildman–Crippen MR) is 178 cm³/mol. The summed E-state index contributed by atoms with van der Waals surface area (Å²) in [5.74, 6) is 0.772. The van der Waals surface area contributed by atoms with Gasteiger partial charge in [-0.25, -0.2) is 17.6 Å². The van der Waals surface area contributed by atoms with Gasteiger partial charge in [-0.15, -0.1) is 0 Å². The summed E-state index contributed by atoms with van der Waals surface area (Å²) in [6.07, 6.45) is 8.48. The molecular formula is C40H42F4O2. The number of hydrogen-bond acceptors (Lipinski definition) is 2. The molecule has 0 unspecified atom stereocenters. The van der Waals surface area contributed by atoms with Gasteiger partial charge in [-0.2, -0.15) is 0 Å². The van der Waals surface area contributed by atoms with Crippen LogP contribution in [0.4, 0.5) is 17.6 Å². The van der Waals surface area contributed by atoms with Gasteiger partial charge in [-0.3, -0.25) is 0 Å². The number of ether oxygens (including phenoxy) is 2. The van der Waals surface area contributed by atoms with Gasteiger partial charge in [0.25, 0.3) is 0 Å². The quantitative estimate of drug-likeness (QED) is 0.148. The molecule has 0 aromatic heterocycles. The van der Waals surface area contributed by atoms with Crippen LogP contribution >= 0.6 is 0 Å². The van der Waals surface area contributed by atoms with Crippen molar-refractivity contribution >= 4 is 0 Å². The predicted octanol–water partition coefficient (Wildman–Crippen LogP) is 12.0. The van der Waals surface area contributed by atoms with Crippen LogP contribution in [0.1, 0.15) is 89.7 Å². The van der Waals surface area contributed by atoms with Gasteiger partial charge in [0, 0.05) is 34.4 Å². The van der Waals surface area contributed by atoms with E-state index >= 15 is 4.39 Å². The van der Waals surface area contributed by atoms with E-state index < -0.39 is 5.82 Å². The molecule has 0 spiro atoms. The van der Waals surface area contributed by atoms with E-state index in [1.54, 1.807) is 12.1 Å². The molecule has 4 aromatic rings. The fraction of sp³-hybridized carbons (Fsp3) is 0.400.